The Morgan fingerprint density at radius 1 is 1.27 bits per heavy atom. The molecule has 1 aromatic heterocycles. The van der Waals surface area contributed by atoms with Gasteiger partial charge in [0.25, 0.3) is 5.91 Å². The summed E-state index contributed by atoms with van der Waals surface area (Å²) in [6, 6.07) is 12.4. The molecule has 0 unspecified atom stereocenters. The monoisotopic (exact) mass is 299 g/mol. The molecule has 6 nitrogen and oxygen atoms in total. The van der Waals surface area contributed by atoms with E-state index in [1.165, 1.54) is 0 Å². The van der Waals surface area contributed by atoms with Gasteiger partial charge in [0.2, 0.25) is 5.88 Å². The number of ether oxygens (including phenoxy) is 1. The molecule has 1 N–H and O–H groups in total. The van der Waals surface area contributed by atoms with Crippen LogP contribution < -0.4 is 4.74 Å². The molecule has 22 heavy (non-hydrogen) atoms. The van der Waals surface area contributed by atoms with Crippen molar-refractivity contribution in [2.45, 2.75) is 18.6 Å². The van der Waals surface area contributed by atoms with Crippen LogP contribution in [0.1, 0.15) is 18.1 Å². The van der Waals surface area contributed by atoms with E-state index in [4.69, 9.17) is 4.74 Å². The van der Waals surface area contributed by atoms with E-state index in [2.05, 4.69) is 10.2 Å². The fourth-order valence-corrected chi connectivity index (χ4v) is 2.50. The number of hydrogen-bond donors (Lipinski definition) is 1. The highest BCUT2D eigenvalue weighted by Gasteiger charge is 2.31. The molecule has 1 saturated heterocycles. The van der Waals surface area contributed by atoms with Crippen molar-refractivity contribution in [1.29, 1.82) is 0 Å². The molecule has 0 saturated carbocycles. The molecule has 1 aliphatic rings. The van der Waals surface area contributed by atoms with Crippen molar-refractivity contribution in [2.75, 3.05) is 13.1 Å². The van der Waals surface area contributed by atoms with Crippen molar-refractivity contribution in [3.05, 3.63) is 54.2 Å². The predicted octanol–water partition coefficient (Wildman–Crippen LogP) is 1.19. The molecule has 114 valence electrons. The zero-order valence-corrected chi connectivity index (χ0v) is 12.0. The van der Waals surface area contributed by atoms with E-state index < -0.39 is 6.10 Å². The van der Waals surface area contributed by atoms with E-state index >= 15 is 0 Å². The van der Waals surface area contributed by atoms with Crippen LogP contribution in [0.2, 0.25) is 0 Å². The molecular weight excluding hydrogens is 282 g/mol. The van der Waals surface area contributed by atoms with Gasteiger partial charge in [-0.25, -0.2) is 0 Å². The van der Waals surface area contributed by atoms with Gasteiger partial charge < -0.3 is 14.7 Å². The SMILES string of the molecule is O=C([C@@H](O)c1ccccc1)N1CC[C@@H](Oc2cccnn2)C1. The molecule has 0 bridgehead atoms. The van der Waals surface area contributed by atoms with E-state index in [0.717, 1.165) is 0 Å². The molecule has 1 amide bonds. The van der Waals surface area contributed by atoms with Crippen LogP contribution in [0.25, 0.3) is 0 Å². The number of benzene rings is 1. The summed E-state index contributed by atoms with van der Waals surface area (Å²) < 4.78 is 5.69. The summed E-state index contributed by atoms with van der Waals surface area (Å²) in [5, 5.41) is 17.8. The van der Waals surface area contributed by atoms with E-state index in [-0.39, 0.29) is 12.0 Å². The second-order valence-corrected chi connectivity index (χ2v) is 5.19. The Balaban J connectivity index is 1.59. The lowest BCUT2D eigenvalue weighted by Gasteiger charge is -2.20. The lowest BCUT2D eigenvalue weighted by Crippen LogP contribution is -2.34. The maximum atomic E-state index is 12.3. The number of amides is 1. The number of aliphatic hydroxyl groups excluding tert-OH is 1. The lowest BCUT2D eigenvalue weighted by atomic mass is 10.1. The van der Waals surface area contributed by atoms with Crippen LogP contribution in [-0.2, 0) is 4.79 Å². The van der Waals surface area contributed by atoms with Crippen LogP contribution in [0.5, 0.6) is 5.88 Å². The summed E-state index contributed by atoms with van der Waals surface area (Å²) in [6.07, 6.45) is 1.04. The smallest absolute Gasteiger partial charge is 0.256 e. The third kappa shape index (κ3) is 3.23. The standard InChI is InChI=1S/C16H17N3O3/c20-15(12-5-2-1-3-6-12)16(21)19-10-8-13(11-19)22-14-7-4-9-17-18-14/h1-7,9,13,15,20H,8,10-11H2/t13-,15+/m1/s1. The van der Waals surface area contributed by atoms with Gasteiger partial charge in [-0.15, -0.1) is 5.10 Å². The third-order valence-electron chi connectivity index (χ3n) is 3.64. The first-order valence-corrected chi connectivity index (χ1v) is 7.20. The Bertz CT molecular complexity index is 621. The molecular formula is C16H17N3O3. The molecule has 2 aromatic rings. The van der Waals surface area contributed by atoms with Crippen molar-refractivity contribution < 1.29 is 14.6 Å². The van der Waals surface area contributed by atoms with Crippen molar-refractivity contribution in [3.63, 3.8) is 0 Å². The van der Waals surface area contributed by atoms with Gasteiger partial charge in [0.15, 0.2) is 6.10 Å². The number of carbonyl (C=O) groups is 1. The van der Waals surface area contributed by atoms with Crippen LogP contribution in [0, 0.1) is 0 Å². The van der Waals surface area contributed by atoms with Crippen molar-refractivity contribution in [3.8, 4) is 5.88 Å². The Morgan fingerprint density at radius 2 is 2.09 bits per heavy atom. The summed E-state index contributed by atoms with van der Waals surface area (Å²) >= 11 is 0. The minimum atomic E-state index is -1.13. The summed E-state index contributed by atoms with van der Waals surface area (Å²) in [4.78, 5) is 14.0. The Hall–Kier alpha value is -2.47. The fraction of sp³-hybridized carbons (Fsp3) is 0.312. The summed E-state index contributed by atoms with van der Waals surface area (Å²) in [6.45, 7) is 1.01. The normalized spacial score (nSPS) is 19.0. The molecule has 1 aromatic carbocycles. The molecule has 1 aliphatic heterocycles. The molecule has 3 rings (SSSR count). The maximum absolute atomic E-state index is 12.3. The Kier molecular flexibility index (Phi) is 4.29. The molecule has 0 aliphatic carbocycles. The first kappa shape index (κ1) is 14.5. The first-order chi connectivity index (χ1) is 10.7. The maximum Gasteiger partial charge on any atom is 0.256 e. The van der Waals surface area contributed by atoms with Gasteiger partial charge in [-0.3, -0.25) is 4.79 Å². The van der Waals surface area contributed by atoms with Gasteiger partial charge in [-0.2, -0.15) is 5.10 Å². The van der Waals surface area contributed by atoms with E-state index in [0.29, 0.717) is 31.0 Å². The van der Waals surface area contributed by atoms with Gasteiger partial charge in [0.05, 0.1) is 6.54 Å². The van der Waals surface area contributed by atoms with Crippen molar-refractivity contribution in [2.24, 2.45) is 0 Å². The molecule has 0 radical (unpaired) electrons. The molecule has 6 heteroatoms. The average Bonchev–Trinajstić information content (AvgIpc) is 3.04. The van der Waals surface area contributed by atoms with Crippen LogP contribution >= 0.6 is 0 Å². The molecule has 2 heterocycles. The van der Waals surface area contributed by atoms with Gasteiger partial charge in [-0.05, 0) is 11.6 Å². The quantitative estimate of drug-likeness (QED) is 0.918. The predicted molar refractivity (Wildman–Crippen MR) is 79.0 cm³/mol. The summed E-state index contributed by atoms with van der Waals surface area (Å²) in [7, 11) is 0. The molecule has 0 spiro atoms. The highest BCUT2D eigenvalue weighted by molar-refractivity contribution is 5.82. The zero-order valence-electron chi connectivity index (χ0n) is 12.0. The van der Waals surface area contributed by atoms with Crippen molar-refractivity contribution >= 4 is 5.91 Å². The van der Waals surface area contributed by atoms with Crippen LogP contribution in [0.4, 0.5) is 0 Å². The van der Waals surface area contributed by atoms with Gasteiger partial charge >= 0.3 is 0 Å². The molecule has 1 fully saturated rings. The topological polar surface area (TPSA) is 75.5 Å². The highest BCUT2D eigenvalue weighted by atomic mass is 16.5. The highest BCUT2D eigenvalue weighted by Crippen LogP contribution is 2.21. The fourth-order valence-electron chi connectivity index (χ4n) is 2.50. The number of nitrogens with zero attached hydrogens (tertiary/aromatic N) is 3. The van der Waals surface area contributed by atoms with Crippen LogP contribution in [0.15, 0.2) is 48.7 Å². The average molecular weight is 299 g/mol. The minimum Gasteiger partial charge on any atom is -0.471 e. The largest absolute Gasteiger partial charge is 0.471 e. The van der Waals surface area contributed by atoms with Crippen LogP contribution in [0.3, 0.4) is 0 Å². The lowest BCUT2D eigenvalue weighted by molar-refractivity contribution is -0.139. The number of aliphatic hydroxyl groups is 1. The first-order valence-electron chi connectivity index (χ1n) is 7.20. The second-order valence-electron chi connectivity index (χ2n) is 5.19. The van der Waals surface area contributed by atoms with E-state index in [1.54, 1.807) is 47.5 Å². The van der Waals surface area contributed by atoms with Crippen LogP contribution in [-0.4, -0.2) is 45.3 Å². The zero-order chi connectivity index (χ0) is 15.4. The van der Waals surface area contributed by atoms with Gasteiger partial charge in [0, 0.05) is 25.2 Å². The van der Waals surface area contributed by atoms with E-state index in [9.17, 15) is 9.90 Å². The number of likely N-dealkylation sites (tertiary alicyclic amines) is 1. The number of rotatable bonds is 4. The van der Waals surface area contributed by atoms with Gasteiger partial charge in [-0.1, -0.05) is 30.3 Å². The Labute approximate surface area is 128 Å². The van der Waals surface area contributed by atoms with E-state index in [1.807, 2.05) is 6.07 Å². The second kappa shape index (κ2) is 6.53. The molecule has 2 atom stereocenters. The number of hydrogen-bond acceptors (Lipinski definition) is 5. The Morgan fingerprint density at radius 3 is 2.82 bits per heavy atom. The number of carbonyl (C=O) groups excluding carboxylic acids is 1. The van der Waals surface area contributed by atoms with Gasteiger partial charge in [0.1, 0.15) is 6.10 Å². The summed E-state index contributed by atoms with van der Waals surface area (Å²) in [5.41, 5.74) is 0.603. The summed E-state index contributed by atoms with van der Waals surface area (Å²) in [5.74, 6) is 0.154. The van der Waals surface area contributed by atoms with Crippen molar-refractivity contribution in [1.82, 2.24) is 15.1 Å². The number of aromatic nitrogens is 2. The third-order valence-corrected chi connectivity index (χ3v) is 3.64. The minimum absolute atomic E-state index is 0.122.